The molecule has 2 aliphatic heterocycles. The Hall–Kier alpha value is -2.87. The molecular weight excluding hydrogens is 592 g/mol. The predicted octanol–water partition coefficient (Wildman–Crippen LogP) is 1.72. The maximum absolute atomic E-state index is 13.1. The molecular formula is C22H22ClN5O10P2. The minimum atomic E-state index is -4.87. The number of aliphatic hydroxyl groups excluding tert-OH is 2. The third-order valence-corrected chi connectivity index (χ3v) is 10.7. The average Bonchev–Trinajstić information content (AvgIpc) is 3.48. The fourth-order valence-electron chi connectivity index (χ4n) is 5.32. The minimum Gasteiger partial charge on any atom is -0.506 e. The monoisotopic (exact) mass is 613 g/mol. The summed E-state index contributed by atoms with van der Waals surface area (Å²) in [6, 6.07) is 7.50. The highest BCUT2D eigenvalue weighted by Gasteiger charge is 2.54. The number of halogens is 1. The maximum Gasteiger partial charge on any atom is 0.340 e. The Labute approximate surface area is 230 Å². The van der Waals surface area contributed by atoms with Crippen molar-refractivity contribution in [3.05, 3.63) is 58.5 Å². The molecule has 1 aromatic carbocycles. The van der Waals surface area contributed by atoms with Crippen molar-refractivity contribution in [3.8, 4) is 0 Å². The number of aromatic nitrogens is 4. The summed E-state index contributed by atoms with van der Waals surface area (Å²) in [6.07, 6.45) is -1.12. The van der Waals surface area contributed by atoms with Crippen molar-refractivity contribution >= 4 is 49.6 Å². The zero-order valence-electron chi connectivity index (χ0n) is 20.4. The number of anilines is 1. The number of ketones is 1. The van der Waals surface area contributed by atoms with Crippen molar-refractivity contribution in [2.45, 2.75) is 18.8 Å². The molecule has 212 valence electrons. The number of aliphatic hydroxyl groups is 2. The molecule has 5 N–H and O–H groups in total. The van der Waals surface area contributed by atoms with Crippen LogP contribution in [-0.2, 0) is 24.8 Å². The second-order valence-electron chi connectivity index (χ2n) is 9.92. The Morgan fingerprint density at radius 1 is 1.18 bits per heavy atom. The van der Waals surface area contributed by atoms with E-state index in [-0.39, 0.29) is 16.7 Å². The third-order valence-electron chi connectivity index (χ3n) is 7.07. The highest BCUT2D eigenvalue weighted by Crippen LogP contribution is 2.55. The fourth-order valence-corrected chi connectivity index (χ4v) is 7.99. The lowest BCUT2D eigenvalue weighted by molar-refractivity contribution is -0.0112. The van der Waals surface area contributed by atoms with Gasteiger partial charge in [0.25, 0.3) is 0 Å². The maximum atomic E-state index is 13.1. The summed E-state index contributed by atoms with van der Waals surface area (Å²) in [5, 5.41) is 20.8. The Kier molecular flexibility index (Phi) is 6.37. The molecule has 0 bridgehead atoms. The summed E-state index contributed by atoms with van der Waals surface area (Å²) >= 11 is 6.22. The van der Waals surface area contributed by atoms with Gasteiger partial charge in [0.2, 0.25) is 11.5 Å². The van der Waals surface area contributed by atoms with Crippen LogP contribution in [0.15, 0.2) is 42.1 Å². The van der Waals surface area contributed by atoms with E-state index in [4.69, 9.17) is 30.6 Å². The zero-order valence-corrected chi connectivity index (χ0v) is 22.9. The van der Waals surface area contributed by atoms with E-state index in [0.717, 1.165) is 11.1 Å². The molecule has 1 aliphatic carbocycles. The highest BCUT2D eigenvalue weighted by molar-refractivity contribution is 7.70. The molecule has 3 aromatic rings. The molecule has 3 aliphatic rings. The number of ether oxygens (including phenoxy) is 1. The predicted molar refractivity (Wildman–Crippen MR) is 138 cm³/mol. The number of imidazole rings is 1. The zero-order chi connectivity index (χ0) is 28.6. The van der Waals surface area contributed by atoms with E-state index in [1.807, 2.05) is 29.2 Å². The first-order valence-electron chi connectivity index (χ1n) is 11.8. The summed E-state index contributed by atoms with van der Waals surface area (Å²) in [5.41, 5.74) is 1.59. The van der Waals surface area contributed by atoms with E-state index in [1.54, 1.807) is 0 Å². The fraction of sp³-hybridized carbons (Fsp3) is 0.364. The number of rotatable bonds is 7. The van der Waals surface area contributed by atoms with Gasteiger partial charge in [-0.25, -0.2) is 4.98 Å². The number of carbonyl (C=O) groups is 1. The quantitative estimate of drug-likeness (QED) is 0.189. The Balaban J connectivity index is 1.22. The summed E-state index contributed by atoms with van der Waals surface area (Å²) in [7, 11) is -9.61. The molecule has 15 nitrogen and oxygen atoms in total. The van der Waals surface area contributed by atoms with Gasteiger partial charge in [0, 0.05) is 18.7 Å². The number of carbonyl (C=O) groups excluding carboxylic acids is 1. The Morgan fingerprint density at radius 2 is 1.90 bits per heavy atom. The lowest BCUT2D eigenvalue weighted by Gasteiger charge is -2.47. The second kappa shape index (κ2) is 9.33. The summed E-state index contributed by atoms with van der Waals surface area (Å²) < 4.78 is 34.5. The molecule has 40 heavy (non-hydrogen) atoms. The molecule has 6 rings (SSSR count). The number of fused-ring (bicyclic) bond motifs is 2. The highest BCUT2D eigenvalue weighted by atomic mass is 35.5. The van der Waals surface area contributed by atoms with Gasteiger partial charge in [0.05, 0.1) is 5.41 Å². The van der Waals surface area contributed by atoms with E-state index in [0.29, 0.717) is 30.8 Å². The first-order valence-corrected chi connectivity index (χ1v) is 15.8. The van der Waals surface area contributed by atoms with Crippen LogP contribution in [0.3, 0.4) is 0 Å². The van der Waals surface area contributed by atoms with E-state index >= 15 is 0 Å². The average molecular weight is 614 g/mol. The molecule has 0 amide bonds. The van der Waals surface area contributed by atoms with Gasteiger partial charge in [-0.1, -0.05) is 24.3 Å². The summed E-state index contributed by atoms with van der Waals surface area (Å²) in [6.45, 7) is -0.0802. The van der Waals surface area contributed by atoms with Gasteiger partial charge in [-0.15, -0.1) is 0 Å². The standard InChI is InChI=1S/C22H22ClN5O10P2/c23-21-25-18(27-7-22(8-27)5-11-3-1-2-4-12(11)17(22)31)14-19(26-21)28(9-24-14)20-16(30)15(29)13(38-20)6-37-40(35,36)10-39(32,33)34/h1-4,9,16,20,29-30H,5-8,10H2,(H,35,36)(H2,32,33,34)/t16?,20-/m1/s1. The molecule has 2 aromatic heterocycles. The topological polar surface area (TPSA) is 218 Å². The molecule has 1 fully saturated rings. The van der Waals surface area contributed by atoms with E-state index in [2.05, 4.69) is 15.0 Å². The first kappa shape index (κ1) is 27.3. The normalized spacial score (nSPS) is 23.4. The molecule has 0 radical (unpaired) electrons. The van der Waals surface area contributed by atoms with Gasteiger partial charge < -0.3 is 34.5 Å². The smallest absolute Gasteiger partial charge is 0.340 e. The Morgan fingerprint density at radius 3 is 2.60 bits per heavy atom. The largest absolute Gasteiger partial charge is 0.506 e. The molecule has 1 saturated heterocycles. The van der Waals surface area contributed by atoms with Crippen molar-refractivity contribution in [2.75, 3.05) is 30.5 Å². The molecule has 2 unspecified atom stereocenters. The van der Waals surface area contributed by atoms with Crippen LogP contribution in [0.25, 0.3) is 11.2 Å². The van der Waals surface area contributed by atoms with Gasteiger partial charge >= 0.3 is 15.2 Å². The lowest BCUT2D eigenvalue weighted by atomic mass is 9.76. The van der Waals surface area contributed by atoms with Crippen LogP contribution >= 0.6 is 26.8 Å². The molecule has 1 spiro atoms. The van der Waals surface area contributed by atoms with E-state index in [9.17, 15) is 29.0 Å². The van der Waals surface area contributed by atoms with Crippen LogP contribution in [0.1, 0.15) is 22.1 Å². The number of hydrogen-bond donors (Lipinski definition) is 5. The second-order valence-corrected chi connectivity index (χ2v) is 14.3. The number of nitrogens with zero attached hydrogens (tertiary/aromatic N) is 5. The minimum absolute atomic E-state index is 0.0771. The van der Waals surface area contributed by atoms with Gasteiger partial charge in [-0.3, -0.25) is 23.0 Å². The summed E-state index contributed by atoms with van der Waals surface area (Å²) in [4.78, 5) is 55.4. The van der Waals surface area contributed by atoms with Crippen molar-refractivity contribution in [3.63, 3.8) is 0 Å². The van der Waals surface area contributed by atoms with Gasteiger partial charge in [0.1, 0.15) is 12.9 Å². The van der Waals surface area contributed by atoms with Crippen LogP contribution in [-0.4, -0.2) is 81.9 Å². The van der Waals surface area contributed by atoms with Crippen molar-refractivity contribution < 1.29 is 48.1 Å². The molecule has 3 atom stereocenters. The number of benzene rings is 1. The van der Waals surface area contributed by atoms with Crippen LogP contribution in [0.4, 0.5) is 5.82 Å². The van der Waals surface area contributed by atoms with Crippen molar-refractivity contribution in [1.82, 2.24) is 19.5 Å². The molecule has 0 saturated carbocycles. The van der Waals surface area contributed by atoms with Crippen LogP contribution < -0.4 is 4.90 Å². The van der Waals surface area contributed by atoms with Gasteiger partial charge in [0.15, 0.2) is 46.3 Å². The number of hydrogen-bond acceptors (Lipinski definition) is 11. The number of Topliss-reactive ketones (excluding diaryl/α,β-unsaturated/α-hetero) is 1. The SMILES string of the molecule is O=C1c2ccccc2CC12CN(c1nc(Cl)nc3c1ncn3[C@@H]1OC(COP(=O)(O)CP(=O)(O)O)=C(O)C1O)C2. The molecule has 4 heterocycles. The van der Waals surface area contributed by atoms with Gasteiger partial charge in [-0.05, 0) is 23.6 Å². The van der Waals surface area contributed by atoms with E-state index < -0.39 is 57.0 Å². The Bertz CT molecular complexity index is 1680. The van der Waals surface area contributed by atoms with Gasteiger partial charge in [-0.2, -0.15) is 9.97 Å². The lowest BCUT2D eigenvalue weighted by Crippen LogP contribution is -2.60. The van der Waals surface area contributed by atoms with Crippen LogP contribution in [0.2, 0.25) is 5.28 Å². The first-order chi connectivity index (χ1) is 18.8. The van der Waals surface area contributed by atoms with E-state index in [1.165, 1.54) is 10.9 Å². The van der Waals surface area contributed by atoms with Crippen molar-refractivity contribution in [1.29, 1.82) is 0 Å². The van der Waals surface area contributed by atoms with Crippen LogP contribution in [0, 0.1) is 5.41 Å². The third kappa shape index (κ3) is 4.62. The van der Waals surface area contributed by atoms with Crippen LogP contribution in [0.5, 0.6) is 0 Å². The summed E-state index contributed by atoms with van der Waals surface area (Å²) in [5.74, 6) is -2.13. The van der Waals surface area contributed by atoms with Crippen molar-refractivity contribution in [2.24, 2.45) is 5.41 Å². The molecule has 18 heteroatoms.